The monoisotopic (exact) mass is 277 g/mol. The third-order valence-electron chi connectivity index (χ3n) is 3.57. The van der Waals surface area contributed by atoms with Gasteiger partial charge in [-0.1, -0.05) is 12.8 Å². The maximum atomic E-state index is 12.1. The summed E-state index contributed by atoms with van der Waals surface area (Å²) in [5, 5.41) is 0. The number of pyridine rings is 1. The van der Waals surface area contributed by atoms with Crippen molar-refractivity contribution < 1.29 is 9.53 Å². The van der Waals surface area contributed by atoms with Gasteiger partial charge in [0.2, 0.25) is 0 Å². The van der Waals surface area contributed by atoms with E-state index in [1.54, 1.807) is 0 Å². The predicted molar refractivity (Wildman–Crippen MR) is 77.4 cm³/mol. The number of rotatable bonds is 4. The van der Waals surface area contributed by atoms with Gasteiger partial charge < -0.3 is 15.4 Å². The fourth-order valence-corrected chi connectivity index (χ4v) is 2.43. The van der Waals surface area contributed by atoms with E-state index < -0.39 is 0 Å². The Balaban J connectivity index is 1.92. The van der Waals surface area contributed by atoms with E-state index in [0.29, 0.717) is 18.0 Å². The van der Waals surface area contributed by atoms with Crippen LogP contribution in [0.3, 0.4) is 0 Å². The van der Waals surface area contributed by atoms with Crippen molar-refractivity contribution in [2.45, 2.75) is 39.2 Å². The molecule has 0 saturated carbocycles. The van der Waals surface area contributed by atoms with Crippen LogP contribution in [0.5, 0.6) is 5.75 Å². The Labute approximate surface area is 120 Å². The first-order valence-electron chi connectivity index (χ1n) is 7.28. The molecule has 0 spiro atoms. The van der Waals surface area contributed by atoms with E-state index in [-0.39, 0.29) is 12.5 Å². The standard InChI is InChI=1S/C15H23N3O2/c1-12-6-7-14(13(10-16)17-12)20-11-15(19)18-8-4-2-3-5-9-18/h6-7H,2-5,8-11,16H2,1H3. The van der Waals surface area contributed by atoms with E-state index in [9.17, 15) is 4.79 Å². The highest BCUT2D eigenvalue weighted by molar-refractivity contribution is 5.77. The van der Waals surface area contributed by atoms with E-state index in [0.717, 1.165) is 31.6 Å². The van der Waals surface area contributed by atoms with Crippen LogP contribution in [0.25, 0.3) is 0 Å². The number of hydrogen-bond donors (Lipinski definition) is 1. The highest BCUT2D eigenvalue weighted by Crippen LogP contribution is 2.17. The van der Waals surface area contributed by atoms with Crippen molar-refractivity contribution in [2.75, 3.05) is 19.7 Å². The van der Waals surface area contributed by atoms with Gasteiger partial charge >= 0.3 is 0 Å². The lowest BCUT2D eigenvalue weighted by Crippen LogP contribution is -2.35. The van der Waals surface area contributed by atoms with Crippen LogP contribution in [0, 0.1) is 6.92 Å². The van der Waals surface area contributed by atoms with Crippen molar-refractivity contribution in [1.29, 1.82) is 0 Å². The summed E-state index contributed by atoms with van der Waals surface area (Å²) >= 11 is 0. The number of carbonyl (C=O) groups excluding carboxylic acids is 1. The van der Waals surface area contributed by atoms with Crippen molar-refractivity contribution in [2.24, 2.45) is 5.73 Å². The number of nitrogens with zero attached hydrogens (tertiary/aromatic N) is 2. The summed E-state index contributed by atoms with van der Waals surface area (Å²) in [7, 11) is 0. The second-order valence-electron chi connectivity index (χ2n) is 5.19. The van der Waals surface area contributed by atoms with Gasteiger partial charge in [-0.3, -0.25) is 9.78 Å². The van der Waals surface area contributed by atoms with Gasteiger partial charge in [-0.15, -0.1) is 0 Å². The molecule has 0 bridgehead atoms. The topological polar surface area (TPSA) is 68.5 Å². The Morgan fingerprint density at radius 3 is 2.65 bits per heavy atom. The van der Waals surface area contributed by atoms with Gasteiger partial charge in [-0.25, -0.2) is 0 Å². The molecule has 1 fully saturated rings. The zero-order valence-electron chi connectivity index (χ0n) is 12.1. The SMILES string of the molecule is Cc1ccc(OCC(=O)N2CCCCCC2)c(CN)n1. The first-order chi connectivity index (χ1) is 9.70. The van der Waals surface area contributed by atoms with Crippen LogP contribution in [0.15, 0.2) is 12.1 Å². The van der Waals surface area contributed by atoms with E-state index >= 15 is 0 Å². The van der Waals surface area contributed by atoms with Crippen LogP contribution in [-0.4, -0.2) is 35.5 Å². The minimum absolute atomic E-state index is 0.0513. The number of likely N-dealkylation sites (tertiary alicyclic amines) is 1. The van der Waals surface area contributed by atoms with Gasteiger partial charge in [-0.2, -0.15) is 0 Å². The molecule has 110 valence electrons. The van der Waals surface area contributed by atoms with Crippen molar-refractivity contribution in [3.63, 3.8) is 0 Å². The van der Waals surface area contributed by atoms with Crippen LogP contribution in [0.1, 0.15) is 37.1 Å². The molecular weight excluding hydrogens is 254 g/mol. The molecule has 1 aromatic rings. The molecule has 5 nitrogen and oxygen atoms in total. The Kier molecular flexibility index (Phi) is 5.35. The second kappa shape index (κ2) is 7.24. The Morgan fingerprint density at radius 2 is 2.00 bits per heavy atom. The summed E-state index contributed by atoms with van der Waals surface area (Å²) in [6.07, 6.45) is 4.60. The third-order valence-corrected chi connectivity index (χ3v) is 3.57. The van der Waals surface area contributed by atoms with E-state index in [1.807, 2.05) is 24.0 Å². The third kappa shape index (κ3) is 3.93. The average molecular weight is 277 g/mol. The highest BCUT2D eigenvalue weighted by Gasteiger charge is 2.16. The largest absolute Gasteiger partial charge is 0.482 e. The summed E-state index contributed by atoms with van der Waals surface area (Å²) in [4.78, 5) is 18.4. The molecule has 0 aromatic carbocycles. The van der Waals surface area contributed by atoms with Gasteiger partial charge in [-0.05, 0) is 31.9 Å². The van der Waals surface area contributed by atoms with Crippen LogP contribution in [0.4, 0.5) is 0 Å². The Bertz CT molecular complexity index is 454. The lowest BCUT2D eigenvalue weighted by Gasteiger charge is -2.20. The first-order valence-corrected chi connectivity index (χ1v) is 7.28. The molecule has 2 N–H and O–H groups in total. The molecule has 20 heavy (non-hydrogen) atoms. The van der Waals surface area contributed by atoms with Gasteiger partial charge in [0.15, 0.2) is 6.61 Å². The van der Waals surface area contributed by atoms with Gasteiger partial charge in [0.25, 0.3) is 5.91 Å². The summed E-state index contributed by atoms with van der Waals surface area (Å²) in [5.41, 5.74) is 7.25. The van der Waals surface area contributed by atoms with Crippen molar-refractivity contribution in [1.82, 2.24) is 9.88 Å². The molecule has 1 amide bonds. The minimum Gasteiger partial charge on any atom is -0.482 e. The summed E-state index contributed by atoms with van der Waals surface area (Å²) < 4.78 is 5.61. The molecule has 2 heterocycles. The quantitative estimate of drug-likeness (QED) is 0.908. The molecule has 0 aliphatic carbocycles. The zero-order chi connectivity index (χ0) is 14.4. The Hall–Kier alpha value is -1.62. The van der Waals surface area contributed by atoms with E-state index in [2.05, 4.69) is 4.98 Å². The van der Waals surface area contributed by atoms with E-state index in [4.69, 9.17) is 10.5 Å². The van der Waals surface area contributed by atoms with Crippen molar-refractivity contribution in [3.05, 3.63) is 23.5 Å². The zero-order valence-corrected chi connectivity index (χ0v) is 12.1. The van der Waals surface area contributed by atoms with Gasteiger partial charge in [0.1, 0.15) is 5.75 Å². The highest BCUT2D eigenvalue weighted by atomic mass is 16.5. The molecule has 1 aliphatic heterocycles. The first kappa shape index (κ1) is 14.8. The van der Waals surface area contributed by atoms with Crippen molar-refractivity contribution >= 4 is 5.91 Å². The molecule has 1 aliphatic rings. The Morgan fingerprint density at radius 1 is 1.30 bits per heavy atom. The molecule has 0 radical (unpaired) electrons. The summed E-state index contributed by atoms with van der Waals surface area (Å²) in [5.74, 6) is 0.664. The molecule has 0 unspecified atom stereocenters. The number of aryl methyl sites for hydroxylation is 1. The molecular formula is C15H23N3O2. The fraction of sp³-hybridized carbons (Fsp3) is 0.600. The lowest BCUT2D eigenvalue weighted by atomic mass is 10.2. The molecule has 5 heteroatoms. The molecule has 2 rings (SSSR count). The van der Waals surface area contributed by atoms with Crippen molar-refractivity contribution in [3.8, 4) is 5.75 Å². The van der Waals surface area contributed by atoms with Gasteiger partial charge in [0.05, 0.1) is 5.69 Å². The minimum atomic E-state index is 0.0513. The number of carbonyl (C=O) groups is 1. The normalized spacial score (nSPS) is 15.8. The lowest BCUT2D eigenvalue weighted by molar-refractivity contribution is -0.133. The number of amides is 1. The van der Waals surface area contributed by atoms with E-state index in [1.165, 1.54) is 12.8 Å². The molecule has 1 aromatic heterocycles. The van der Waals surface area contributed by atoms with Gasteiger partial charge in [0, 0.05) is 25.3 Å². The maximum Gasteiger partial charge on any atom is 0.260 e. The van der Waals surface area contributed by atoms with Crippen LogP contribution < -0.4 is 10.5 Å². The number of hydrogen-bond acceptors (Lipinski definition) is 4. The number of nitrogens with two attached hydrogens (primary N) is 1. The average Bonchev–Trinajstić information content (AvgIpc) is 2.74. The predicted octanol–water partition coefficient (Wildman–Crippen LogP) is 1.63. The smallest absolute Gasteiger partial charge is 0.260 e. The van der Waals surface area contributed by atoms with Crippen LogP contribution in [0.2, 0.25) is 0 Å². The number of ether oxygens (including phenoxy) is 1. The second-order valence-corrected chi connectivity index (χ2v) is 5.19. The van der Waals surface area contributed by atoms with Crippen LogP contribution >= 0.6 is 0 Å². The molecule has 1 saturated heterocycles. The number of aromatic nitrogens is 1. The molecule has 0 atom stereocenters. The summed E-state index contributed by atoms with van der Waals surface area (Å²) in [6, 6.07) is 3.70. The van der Waals surface area contributed by atoms with Crippen LogP contribution in [-0.2, 0) is 11.3 Å². The maximum absolute atomic E-state index is 12.1. The fourth-order valence-electron chi connectivity index (χ4n) is 2.43. The summed E-state index contributed by atoms with van der Waals surface area (Å²) in [6.45, 7) is 3.98.